The highest BCUT2D eigenvalue weighted by Gasteiger charge is 2.16. The molecule has 0 spiro atoms. The minimum atomic E-state index is 0.214. The maximum absolute atomic E-state index is 9.99. The maximum Gasteiger partial charge on any atom is 0.128 e. The molecular formula is C12H17NO2. The molecule has 1 aromatic rings. The molecule has 0 radical (unpaired) electrons. The predicted molar refractivity (Wildman–Crippen MR) is 61.1 cm³/mol. The maximum atomic E-state index is 9.99. The van der Waals surface area contributed by atoms with Crippen molar-refractivity contribution in [3.63, 3.8) is 0 Å². The summed E-state index contributed by atoms with van der Waals surface area (Å²) in [6.07, 6.45) is 0. The Morgan fingerprint density at radius 3 is 1.87 bits per heavy atom. The van der Waals surface area contributed by atoms with Crippen LogP contribution in [0.3, 0.4) is 0 Å². The Morgan fingerprint density at radius 1 is 0.933 bits per heavy atom. The summed E-state index contributed by atoms with van der Waals surface area (Å²) < 4.78 is 0. The van der Waals surface area contributed by atoms with Crippen LogP contribution in [-0.2, 0) is 0 Å². The summed E-state index contributed by atoms with van der Waals surface area (Å²) in [5.74, 6) is 0.214. The van der Waals surface area contributed by atoms with E-state index in [0.717, 1.165) is 22.3 Å². The zero-order valence-corrected chi connectivity index (χ0v) is 9.84. The lowest BCUT2D eigenvalue weighted by atomic mass is 9.91. The van der Waals surface area contributed by atoms with E-state index in [1.54, 1.807) is 6.92 Å². The number of nitrogens with zero attached hydrogens (tertiary/aromatic N) is 1. The van der Waals surface area contributed by atoms with Crippen LogP contribution in [0, 0.1) is 27.7 Å². The standard InChI is InChI=1S/C12H17NO2/c1-6-7(2)9(4)12(14)11(8(6)3)10(5)13-15/h14-15H,1-5H3/b13-10+. The van der Waals surface area contributed by atoms with Crippen LogP contribution < -0.4 is 0 Å². The first-order chi connectivity index (χ1) is 6.91. The molecule has 3 nitrogen and oxygen atoms in total. The van der Waals surface area contributed by atoms with Gasteiger partial charge >= 0.3 is 0 Å². The van der Waals surface area contributed by atoms with Gasteiger partial charge in [-0.15, -0.1) is 0 Å². The van der Waals surface area contributed by atoms with E-state index in [0.29, 0.717) is 11.3 Å². The van der Waals surface area contributed by atoms with Crippen molar-refractivity contribution in [2.24, 2.45) is 5.16 Å². The van der Waals surface area contributed by atoms with E-state index in [9.17, 15) is 5.11 Å². The fourth-order valence-corrected chi connectivity index (χ4v) is 1.79. The molecule has 0 amide bonds. The third kappa shape index (κ3) is 1.69. The number of benzene rings is 1. The van der Waals surface area contributed by atoms with Gasteiger partial charge in [0.25, 0.3) is 0 Å². The highest BCUT2D eigenvalue weighted by molar-refractivity contribution is 6.02. The first kappa shape index (κ1) is 11.6. The second-order valence-corrected chi connectivity index (χ2v) is 3.91. The van der Waals surface area contributed by atoms with Crippen LogP contribution in [-0.4, -0.2) is 16.0 Å². The highest BCUT2D eigenvalue weighted by Crippen LogP contribution is 2.32. The Bertz CT molecular complexity index is 405. The van der Waals surface area contributed by atoms with E-state index in [1.807, 2.05) is 27.7 Å². The summed E-state index contributed by atoms with van der Waals surface area (Å²) >= 11 is 0. The fraction of sp³-hybridized carbons (Fsp3) is 0.417. The van der Waals surface area contributed by atoms with E-state index < -0.39 is 0 Å². The van der Waals surface area contributed by atoms with Gasteiger partial charge in [-0.05, 0) is 56.9 Å². The third-order valence-corrected chi connectivity index (χ3v) is 3.17. The van der Waals surface area contributed by atoms with Gasteiger partial charge in [-0.25, -0.2) is 0 Å². The predicted octanol–water partition coefficient (Wildman–Crippen LogP) is 2.82. The molecule has 1 rings (SSSR count). The number of hydrogen-bond acceptors (Lipinski definition) is 3. The summed E-state index contributed by atoms with van der Waals surface area (Å²) in [5, 5.41) is 21.9. The Morgan fingerprint density at radius 2 is 1.40 bits per heavy atom. The van der Waals surface area contributed by atoms with Gasteiger partial charge in [0.1, 0.15) is 5.75 Å². The molecule has 2 N–H and O–H groups in total. The van der Waals surface area contributed by atoms with Crippen molar-refractivity contribution < 1.29 is 10.3 Å². The molecular weight excluding hydrogens is 190 g/mol. The van der Waals surface area contributed by atoms with E-state index in [1.165, 1.54) is 0 Å². The molecule has 0 aliphatic rings. The van der Waals surface area contributed by atoms with E-state index in [2.05, 4.69) is 5.16 Å². The van der Waals surface area contributed by atoms with Crippen molar-refractivity contribution in [3.8, 4) is 5.75 Å². The van der Waals surface area contributed by atoms with Crippen molar-refractivity contribution >= 4 is 5.71 Å². The SMILES string of the molecule is C/C(=N\O)c1c(C)c(C)c(C)c(C)c1O. The molecule has 0 aliphatic carbocycles. The zero-order valence-electron chi connectivity index (χ0n) is 9.84. The number of hydrogen-bond donors (Lipinski definition) is 2. The largest absolute Gasteiger partial charge is 0.507 e. The number of phenols is 1. The molecule has 0 bridgehead atoms. The van der Waals surface area contributed by atoms with Crippen LogP contribution in [0.1, 0.15) is 34.7 Å². The monoisotopic (exact) mass is 207 g/mol. The van der Waals surface area contributed by atoms with Crippen molar-refractivity contribution in [2.75, 3.05) is 0 Å². The van der Waals surface area contributed by atoms with Crippen molar-refractivity contribution in [1.29, 1.82) is 0 Å². The van der Waals surface area contributed by atoms with Crippen molar-refractivity contribution in [3.05, 3.63) is 27.8 Å². The van der Waals surface area contributed by atoms with Gasteiger partial charge in [-0.3, -0.25) is 0 Å². The summed E-state index contributed by atoms with van der Waals surface area (Å²) in [6, 6.07) is 0. The molecule has 0 unspecified atom stereocenters. The fourth-order valence-electron chi connectivity index (χ4n) is 1.79. The molecule has 0 heterocycles. The molecule has 0 aliphatic heterocycles. The summed E-state index contributed by atoms with van der Waals surface area (Å²) in [6.45, 7) is 9.45. The first-order valence-corrected chi connectivity index (χ1v) is 4.90. The molecule has 82 valence electrons. The van der Waals surface area contributed by atoms with Crippen molar-refractivity contribution in [2.45, 2.75) is 34.6 Å². The lowest BCUT2D eigenvalue weighted by Crippen LogP contribution is -2.04. The van der Waals surface area contributed by atoms with Crippen LogP contribution in [0.2, 0.25) is 0 Å². The Balaban J connectivity index is 3.67. The van der Waals surface area contributed by atoms with E-state index in [4.69, 9.17) is 5.21 Å². The second-order valence-electron chi connectivity index (χ2n) is 3.91. The van der Waals surface area contributed by atoms with Gasteiger partial charge in [0.2, 0.25) is 0 Å². The number of phenolic OH excluding ortho intramolecular Hbond substituents is 1. The third-order valence-electron chi connectivity index (χ3n) is 3.17. The van der Waals surface area contributed by atoms with Crippen molar-refractivity contribution in [1.82, 2.24) is 0 Å². The second kappa shape index (κ2) is 3.93. The molecule has 0 fully saturated rings. The first-order valence-electron chi connectivity index (χ1n) is 4.90. The molecule has 0 saturated carbocycles. The molecule has 0 saturated heterocycles. The van der Waals surface area contributed by atoms with Crippen LogP contribution >= 0.6 is 0 Å². The molecule has 1 aromatic carbocycles. The average molecular weight is 207 g/mol. The minimum Gasteiger partial charge on any atom is -0.507 e. The topological polar surface area (TPSA) is 52.8 Å². The minimum absolute atomic E-state index is 0.214. The van der Waals surface area contributed by atoms with E-state index in [-0.39, 0.29) is 5.75 Å². The number of rotatable bonds is 1. The Labute approximate surface area is 90.1 Å². The van der Waals surface area contributed by atoms with Gasteiger partial charge in [-0.1, -0.05) is 5.16 Å². The summed E-state index contributed by atoms with van der Waals surface area (Å²) in [7, 11) is 0. The van der Waals surface area contributed by atoms with Gasteiger partial charge < -0.3 is 10.3 Å². The lowest BCUT2D eigenvalue weighted by Gasteiger charge is -2.16. The lowest BCUT2D eigenvalue weighted by molar-refractivity contribution is 0.318. The molecule has 0 atom stereocenters. The van der Waals surface area contributed by atoms with Crippen LogP contribution in [0.25, 0.3) is 0 Å². The zero-order chi connectivity index (χ0) is 11.7. The van der Waals surface area contributed by atoms with Gasteiger partial charge in [0, 0.05) is 5.56 Å². The molecule has 0 aromatic heterocycles. The smallest absolute Gasteiger partial charge is 0.128 e. The summed E-state index contributed by atoms with van der Waals surface area (Å²) in [5.41, 5.74) is 5.10. The quantitative estimate of drug-likeness (QED) is 0.422. The number of oxime groups is 1. The Hall–Kier alpha value is -1.51. The normalized spacial score (nSPS) is 11.9. The van der Waals surface area contributed by atoms with Crippen LogP contribution in [0.5, 0.6) is 5.75 Å². The summed E-state index contributed by atoms with van der Waals surface area (Å²) in [4.78, 5) is 0. The van der Waals surface area contributed by atoms with Gasteiger partial charge in [0.15, 0.2) is 0 Å². The number of aromatic hydroxyl groups is 1. The van der Waals surface area contributed by atoms with Crippen LogP contribution in [0.15, 0.2) is 5.16 Å². The highest BCUT2D eigenvalue weighted by atomic mass is 16.4. The van der Waals surface area contributed by atoms with Crippen LogP contribution in [0.4, 0.5) is 0 Å². The molecule has 3 heteroatoms. The molecule has 15 heavy (non-hydrogen) atoms. The van der Waals surface area contributed by atoms with Gasteiger partial charge in [0.05, 0.1) is 5.71 Å². The van der Waals surface area contributed by atoms with E-state index >= 15 is 0 Å². The Kier molecular flexibility index (Phi) is 3.03. The van der Waals surface area contributed by atoms with Gasteiger partial charge in [-0.2, -0.15) is 0 Å². The average Bonchev–Trinajstić information content (AvgIpc) is 2.23.